The first-order valence-electron chi connectivity index (χ1n) is 10.7. The molecule has 1 aliphatic heterocycles. The standard InChI is InChI=1S/C24H26N2O6S/c1-14-9-20-21(27)11-23(32-22(20)10-15(14)2)24(28)25-18-5-7-19(8-6-18)33(29,30)26-12-16(3)31-17(4)13-26/h5-11,16-17H,12-13H2,1-4H3,(H,25,28)/t16-,17-/m1/s1. The molecule has 1 aliphatic rings. The van der Waals surface area contributed by atoms with Gasteiger partial charge >= 0.3 is 0 Å². The third-order valence-electron chi connectivity index (χ3n) is 5.70. The van der Waals surface area contributed by atoms with E-state index in [0.717, 1.165) is 17.2 Å². The third kappa shape index (κ3) is 4.71. The first kappa shape index (κ1) is 23.2. The van der Waals surface area contributed by atoms with Crippen LogP contribution in [0.15, 0.2) is 56.6 Å². The van der Waals surface area contributed by atoms with E-state index in [2.05, 4.69) is 5.32 Å². The molecular weight excluding hydrogens is 444 g/mol. The maximum atomic E-state index is 13.0. The fourth-order valence-electron chi connectivity index (χ4n) is 3.90. The summed E-state index contributed by atoms with van der Waals surface area (Å²) >= 11 is 0. The van der Waals surface area contributed by atoms with Gasteiger partial charge in [-0.1, -0.05) is 0 Å². The number of nitrogens with one attached hydrogen (secondary N) is 1. The van der Waals surface area contributed by atoms with Gasteiger partial charge in [-0.3, -0.25) is 9.59 Å². The second-order valence-corrected chi connectivity index (χ2v) is 10.4. The van der Waals surface area contributed by atoms with Gasteiger partial charge in [-0.15, -0.1) is 0 Å². The molecule has 1 aromatic heterocycles. The first-order valence-corrected chi connectivity index (χ1v) is 12.1. The molecular formula is C24H26N2O6S. The third-order valence-corrected chi connectivity index (χ3v) is 7.55. The Morgan fingerprint density at radius 1 is 1.00 bits per heavy atom. The highest BCUT2D eigenvalue weighted by molar-refractivity contribution is 7.89. The molecule has 2 aromatic carbocycles. The molecule has 9 heteroatoms. The number of anilines is 1. The largest absolute Gasteiger partial charge is 0.451 e. The van der Waals surface area contributed by atoms with Crippen molar-refractivity contribution in [2.24, 2.45) is 0 Å². The summed E-state index contributed by atoms with van der Waals surface area (Å²) in [6.45, 7) is 8.04. The van der Waals surface area contributed by atoms with Crippen molar-refractivity contribution in [2.75, 3.05) is 18.4 Å². The number of morpholine rings is 1. The Balaban J connectivity index is 1.54. The van der Waals surface area contributed by atoms with Gasteiger partial charge in [0.2, 0.25) is 10.0 Å². The zero-order chi connectivity index (χ0) is 23.9. The average Bonchev–Trinajstić information content (AvgIpc) is 2.74. The number of nitrogens with zero attached hydrogens (tertiary/aromatic N) is 1. The normalized spacial score (nSPS) is 19.5. The monoisotopic (exact) mass is 470 g/mol. The van der Waals surface area contributed by atoms with Gasteiger partial charge in [0.15, 0.2) is 11.2 Å². The zero-order valence-corrected chi connectivity index (χ0v) is 19.7. The van der Waals surface area contributed by atoms with Gasteiger partial charge in [-0.2, -0.15) is 4.31 Å². The van der Waals surface area contributed by atoms with Gasteiger partial charge in [0.05, 0.1) is 22.5 Å². The molecule has 1 amide bonds. The number of ether oxygens (including phenoxy) is 1. The fraction of sp³-hybridized carbons (Fsp3) is 0.333. The predicted molar refractivity (Wildman–Crippen MR) is 125 cm³/mol. The summed E-state index contributed by atoms with van der Waals surface area (Å²) in [5.41, 5.74) is 2.32. The van der Waals surface area contributed by atoms with Crippen LogP contribution in [0.3, 0.4) is 0 Å². The molecule has 8 nitrogen and oxygen atoms in total. The van der Waals surface area contributed by atoms with Crippen LogP contribution in [0.5, 0.6) is 0 Å². The Morgan fingerprint density at radius 2 is 1.61 bits per heavy atom. The molecule has 3 aromatic rings. The molecule has 0 aliphatic carbocycles. The van der Waals surface area contributed by atoms with E-state index in [0.29, 0.717) is 16.7 Å². The fourth-order valence-corrected chi connectivity index (χ4v) is 5.49. The Morgan fingerprint density at radius 3 is 2.24 bits per heavy atom. The summed E-state index contributed by atoms with van der Waals surface area (Å²) in [4.78, 5) is 25.3. The molecule has 33 heavy (non-hydrogen) atoms. The van der Waals surface area contributed by atoms with Crippen LogP contribution >= 0.6 is 0 Å². The zero-order valence-electron chi connectivity index (χ0n) is 18.9. The summed E-state index contributed by atoms with van der Waals surface area (Å²) in [6.07, 6.45) is -0.377. The molecule has 1 fully saturated rings. The minimum absolute atomic E-state index is 0.122. The number of hydrogen-bond acceptors (Lipinski definition) is 6. The van der Waals surface area contributed by atoms with Gasteiger partial charge in [0.25, 0.3) is 5.91 Å². The van der Waals surface area contributed by atoms with Crippen molar-refractivity contribution in [3.63, 3.8) is 0 Å². The van der Waals surface area contributed by atoms with Gasteiger partial charge in [0.1, 0.15) is 5.58 Å². The average molecular weight is 471 g/mol. The van der Waals surface area contributed by atoms with E-state index in [9.17, 15) is 18.0 Å². The molecule has 1 N–H and O–H groups in total. The highest BCUT2D eigenvalue weighted by atomic mass is 32.2. The molecule has 2 atom stereocenters. The van der Waals surface area contributed by atoms with E-state index in [-0.39, 0.29) is 41.4 Å². The maximum Gasteiger partial charge on any atom is 0.291 e. The van der Waals surface area contributed by atoms with Gasteiger partial charge in [-0.25, -0.2) is 8.42 Å². The van der Waals surface area contributed by atoms with Crippen LogP contribution in [0, 0.1) is 13.8 Å². The van der Waals surface area contributed by atoms with E-state index in [1.54, 1.807) is 12.1 Å². The molecule has 0 saturated carbocycles. The number of sulfonamides is 1. The highest BCUT2D eigenvalue weighted by Gasteiger charge is 2.32. The number of amides is 1. The van der Waals surface area contributed by atoms with Crippen molar-refractivity contribution in [3.8, 4) is 0 Å². The van der Waals surface area contributed by atoms with E-state index in [4.69, 9.17) is 9.15 Å². The summed E-state index contributed by atoms with van der Waals surface area (Å²) in [5.74, 6) is -0.720. The molecule has 0 bridgehead atoms. The van der Waals surface area contributed by atoms with Crippen molar-refractivity contribution in [1.82, 2.24) is 4.31 Å². The summed E-state index contributed by atoms with van der Waals surface area (Å²) in [6, 6.07) is 10.5. The lowest BCUT2D eigenvalue weighted by molar-refractivity contribution is -0.0440. The number of rotatable bonds is 4. The Hall–Kier alpha value is -3.01. The number of carbonyl (C=O) groups is 1. The number of hydrogen-bond donors (Lipinski definition) is 1. The first-order chi connectivity index (χ1) is 15.5. The lowest BCUT2D eigenvalue weighted by Crippen LogP contribution is -2.48. The number of fused-ring (bicyclic) bond motifs is 1. The van der Waals surface area contributed by atoms with Crippen LogP contribution in [0.4, 0.5) is 5.69 Å². The van der Waals surface area contributed by atoms with E-state index >= 15 is 0 Å². The van der Waals surface area contributed by atoms with Crippen LogP contribution in [0.1, 0.15) is 35.5 Å². The lowest BCUT2D eigenvalue weighted by Gasteiger charge is -2.34. The SMILES string of the molecule is Cc1cc2oc(C(=O)Nc3ccc(S(=O)(=O)N4C[C@@H](C)O[C@H](C)C4)cc3)cc(=O)c2cc1C. The molecule has 1 saturated heterocycles. The van der Waals surface area contributed by atoms with Crippen LogP contribution < -0.4 is 10.7 Å². The molecule has 4 rings (SSSR count). The van der Waals surface area contributed by atoms with Crippen molar-refractivity contribution in [1.29, 1.82) is 0 Å². The van der Waals surface area contributed by atoms with E-state index < -0.39 is 15.9 Å². The second kappa shape index (κ2) is 8.74. The number of benzene rings is 2. The topological polar surface area (TPSA) is 106 Å². The number of carbonyl (C=O) groups excluding carboxylic acids is 1. The summed E-state index contributed by atoms with van der Waals surface area (Å²) in [7, 11) is -3.68. The van der Waals surface area contributed by atoms with Crippen molar-refractivity contribution in [3.05, 3.63) is 69.6 Å². The smallest absolute Gasteiger partial charge is 0.291 e. The van der Waals surface area contributed by atoms with Crippen molar-refractivity contribution < 1.29 is 22.4 Å². The van der Waals surface area contributed by atoms with Crippen LogP contribution in [0.25, 0.3) is 11.0 Å². The van der Waals surface area contributed by atoms with Crippen molar-refractivity contribution in [2.45, 2.75) is 44.8 Å². The second-order valence-electron chi connectivity index (χ2n) is 8.47. The molecule has 0 spiro atoms. The van der Waals surface area contributed by atoms with E-state index in [1.165, 1.54) is 28.6 Å². The maximum absolute atomic E-state index is 13.0. The molecule has 0 radical (unpaired) electrons. The Bertz CT molecular complexity index is 1370. The lowest BCUT2D eigenvalue weighted by atomic mass is 10.1. The summed E-state index contributed by atoms with van der Waals surface area (Å²) < 4.78 is 38.6. The highest BCUT2D eigenvalue weighted by Crippen LogP contribution is 2.23. The summed E-state index contributed by atoms with van der Waals surface area (Å²) in [5, 5.41) is 3.06. The van der Waals surface area contributed by atoms with Gasteiger partial charge in [-0.05, 0) is 75.2 Å². The molecule has 0 unspecified atom stereocenters. The van der Waals surface area contributed by atoms with Crippen LogP contribution in [-0.2, 0) is 14.8 Å². The molecule has 174 valence electrons. The minimum Gasteiger partial charge on any atom is -0.451 e. The molecule has 2 heterocycles. The predicted octanol–water partition coefficient (Wildman–Crippen LogP) is 3.46. The van der Waals surface area contributed by atoms with Gasteiger partial charge < -0.3 is 14.5 Å². The van der Waals surface area contributed by atoms with E-state index in [1.807, 2.05) is 27.7 Å². The van der Waals surface area contributed by atoms with Crippen LogP contribution in [-0.4, -0.2) is 43.9 Å². The van der Waals surface area contributed by atoms with Crippen molar-refractivity contribution >= 4 is 32.6 Å². The minimum atomic E-state index is -3.68. The number of aryl methyl sites for hydroxylation is 2. The quantitative estimate of drug-likeness (QED) is 0.626. The Kier molecular flexibility index (Phi) is 6.13. The Labute approximate surface area is 192 Å². The van der Waals surface area contributed by atoms with Crippen LogP contribution in [0.2, 0.25) is 0 Å². The van der Waals surface area contributed by atoms with Gasteiger partial charge in [0, 0.05) is 24.8 Å².